The standard InChI is InChI=1S/C22H32O2/c1-2-3-4-5-6-7-8-9-10-11-12-13-14-15-16-17-18-19-20-21-22(23)24/h2-3,10-19H,4-9,20-21H2,1H3,(H,23,24)/b3-2+,11-10+,13-12+,15-14+,17-16+,19-18+. The topological polar surface area (TPSA) is 37.3 Å². The molecule has 0 spiro atoms. The van der Waals surface area contributed by atoms with Gasteiger partial charge in [-0.25, -0.2) is 0 Å². The minimum atomic E-state index is -0.758. The molecule has 2 heteroatoms. The SMILES string of the molecule is C/C=C/CCCCCC/C=C/C=C/C=C/C=C/C=C/CCC(=O)O. The van der Waals surface area contributed by atoms with Crippen molar-refractivity contribution in [3.05, 3.63) is 72.9 Å². The Balaban J connectivity index is 3.54. The minimum absolute atomic E-state index is 0.186. The summed E-state index contributed by atoms with van der Waals surface area (Å²) in [6, 6.07) is 0. The van der Waals surface area contributed by atoms with Crippen LogP contribution in [0.2, 0.25) is 0 Å². The van der Waals surface area contributed by atoms with Crippen LogP contribution in [0.25, 0.3) is 0 Å². The van der Waals surface area contributed by atoms with Gasteiger partial charge in [-0.2, -0.15) is 0 Å². The van der Waals surface area contributed by atoms with Gasteiger partial charge in [-0.1, -0.05) is 85.8 Å². The number of carboxylic acids is 1. The largest absolute Gasteiger partial charge is 0.481 e. The van der Waals surface area contributed by atoms with E-state index in [9.17, 15) is 4.79 Å². The minimum Gasteiger partial charge on any atom is -0.481 e. The maximum absolute atomic E-state index is 10.3. The zero-order valence-corrected chi connectivity index (χ0v) is 14.9. The van der Waals surface area contributed by atoms with Crippen molar-refractivity contribution in [3.63, 3.8) is 0 Å². The molecule has 0 aliphatic rings. The van der Waals surface area contributed by atoms with Gasteiger partial charge in [-0.15, -0.1) is 0 Å². The van der Waals surface area contributed by atoms with Crippen molar-refractivity contribution in [2.45, 2.75) is 58.3 Å². The number of hydrogen-bond donors (Lipinski definition) is 1. The Kier molecular flexibility index (Phi) is 17.3. The number of hydrogen-bond acceptors (Lipinski definition) is 1. The van der Waals surface area contributed by atoms with Crippen LogP contribution in [-0.4, -0.2) is 11.1 Å². The Morgan fingerprint density at radius 3 is 1.62 bits per heavy atom. The Bertz CT molecular complexity index is 462. The van der Waals surface area contributed by atoms with Crippen LogP contribution in [0.3, 0.4) is 0 Å². The van der Waals surface area contributed by atoms with Crippen LogP contribution in [0.1, 0.15) is 58.3 Å². The maximum atomic E-state index is 10.3. The summed E-state index contributed by atoms with van der Waals surface area (Å²) in [5.74, 6) is -0.758. The van der Waals surface area contributed by atoms with Crippen LogP contribution < -0.4 is 0 Å². The molecule has 0 fully saturated rings. The van der Waals surface area contributed by atoms with E-state index in [4.69, 9.17) is 5.11 Å². The first-order valence-electron chi connectivity index (χ1n) is 8.92. The molecule has 1 N–H and O–H groups in total. The van der Waals surface area contributed by atoms with Gasteiger partial charge in [-0.05, 0) is 39.0 Å². The third-order valence-corrected chi connectivity index (χ3v) is 3.30. The van der Waals surface area contributed by atoms with Gasteiger partial charge < -0.3 is 5.11 Å². The highest BCUT2D eigenvalue weighted by atomic mass is 16.4. The first-order valence-corrected chi connectivity index (χ1v) is 8.92. The van der Waals surface area contributed by atoms with Crippen molar-refractivity contribution in [2.24, 2.45) is 0 Å². The van der Waals surface area contributed by atoms with E-state index in [2.05, 4.69) is 31.2 Å². The second-order valence-electron chi connectivity index (χ2n) is 5.50. The normalized spacial score (nSPS) is 13.0. The lowest BCUT2D eigenvalue weighted by Crippen LogP contribution is -1.91. The van der Waals surface area contributed by atoms with Crippen molar-refractivity contribution in [2.75, 3.05) is 0 Å². The fourth-order valence-corrected chi connectivity index (χ4v) is 1.99. The second-order valence-corrected chi connectivity index (χ2v) is 5.50. The first kappa shape index (κ1) is 21.9. The molecule has 2 nitrogen and oxygen atoms in total. The third-order valence-electron chi connectivity index (χ3n) is 3.30. The smallest absolute Gasteiger partial charge is 0.303 e. The quantitative estimate of drug-likeness (QED) is 0.223. The van der Waals surface area contributed by atoms with Crippen LogP contribution in [-0.2, 0) is 4.79 Å². The van der Waals surface area contributed by atoms with E-state index >= 15 is 0 Å². The summed E-state index contributed by atoms with van der Waals surface area (Å²) in [7, 11) is 0. The summed E-state index contributed by atoms with van der Waals surface area (Å²) in [4.78, 5) is 10.3. The molecule has 0 aliphatic heterocycles. The zero-order chi connectivity index (χ0) is 17.7. The van der Waals surface area contributed by atoms with Crippen molar-refractivity contribution >= 4 is 5.97 Å². The predicted octanol–water partition coefficient (Wildman–Crippen LogP) is 6.55. The van der Waals surface area contributed by atoms with Gasteiger partial charge in [0.05, 0.1) is 0 Å². The van der Waals surface area contributed by atoms with Gasteiger partial charge in [0.2, 0.25) is 0 Å². The molecule has 0 aromatic rings. The van der Waals surface area contributed by atoms with Crippen molar-refractivity contribution in [1.82, 2.24) is 0 Å². The van der Waals surface area contributed by atoms with Gasteiger partial charge in [0.25, 0.3) is 0 Å². The fourth-order valence-electron chi connectivity index (χ4n) is 1.99. The van der Waals surface area contributed by atoms with Crippen LogP contribution >= 0.6 is 0 Å². The lowest BCUT2D eigenvalue weighted by Gasteiger charge is -1.96. The maximum Gasteiger partial charge on any atom is 0.303 e. The lowest BCUT2D eigenvalue weighted by atomic mass is 10.1. The molecule has 0 aromatic heterocycles. The van der Waals surface area contributed by atoms with Crippen molar-refractivity contribution < 1.29 is 9.90 Å². The molecule has 0 amide bonds. The number of unbranched alkanes of at least 4 members (excludes halogenated alkanes) is 5. The number of carbonyl (C=O) groups is 1. The summed E-state index contributed by atoms with van der Waals surface area (Å²) in [6.07, 6.45) is 32.6. The molecule has 0 saturated heterocycles. The highest BCUT2D eigenvalue weighted by molar-refractivity contribution is 5.66. The molecule has 0 unspecified atom stereocenters. The molecule has 0 rings (SSSR count). The fraction of sp³-hybridized carbons (Fsp3) is 0.409. The monoisotopic (exact) mass is 328 g/mol. The highest BCUT2D eigenvalue weighted by Gasteiger charge is 1.90. The van der Waals surface area contributed by atoms with Crippen LogP contribution in [0, 0.1) is 0 Å². The number of rotatable bonds is 14. The molecule has 0 bridgehead atoms. The second kappa shape index (κ2) is 19.0. The average Bonchev–Trinajstić information content (AvgIpc) is 2.56. The van der Waals surface area contributed by atoms with E-state index in [-0.39, 0.29) is 6.42 Å². The Morgan fingerprint density at radius 1 is 0.667 bits per heavy atom. The van der Waals surface area contributed by atoms with Crippen LogP contribution in [0.4, 0.5) is 0 Å². The Labute approximate surface area is 147 Å². The molecule has 0 aromatic carbocycles. The van der Waals surface area contributed by atoms with Gasteiger partial charge in [0, 0.05) is 6.42 Å². The Hall–Kier alpha value is -2.09. The molecule has 0 heterocycles. The summed E-state index contributed by atoms with van der Waals surface area (Å²) < 4.78 is 0. The van der Waals surface area contributed by atoms with Crippen molar-refractivity contribution in [3.8, 4) is 0 Å². The lowest BCUT2D eigenvalue weighted by molar-refractivity contribution is -0.136. The van der Waals surface area contributed by atoms with E-state index in [0.717, 1.165) is 6.42 Å². The van der Waals surface area contributed by atoms with E-state index in [1.54, 1.807) is 0 Å². The van der Waals surface area contributed by atoms with Gasteiger partial charge in [0.1, 0.15) is 0 Å². The molecular formula is C22H32O2. The number of allylic oxidation sites excluding steroid dienone is 12. The van der Waals surface area contributed by atoms with E-state index in [1.807, 2.05) is 48.6 Å². The Morgan fingerprint density at radius 2 is 1.12 bits per heavy atom. The predicted molar refractivity (Wildman–Crippen MR) is 105 cm³/mol. The van der Waals surface area contributed by atoms with Gasteiger partial charge in [-0.3, -0.25) is 4.79 Å². The molecule has 132 valence electrons. The average molecular weight is 328 g/mol. The van der Waals surface area contributed by atoms with Crippen molar-refractivity contribution in [1.29, 1.82) is 0 Å². The van der Waals surface area contributed by atoms with Gasteiger partial charge in [0.15, 0.2) is 0 Å². The molecule has 0 radical (unpaired) electrons. The first-order chi connectivity index (χ1) is 11.8. The number of aliphatic carboxylic acids is 1. The van der Waals surface area contributed by atoms with E-state index in [0.29, 0.717) is 6.42 Å². The summed E-state index contributed by atoms with van der Waals surface area (Å²) in [6.45, 7) is 2.08. The molecule has 24 heavy (non-hydrogen) atoms. The summed E-state index contributed by atoms with van der Waals surface area (Å²) >= 11 is 0. The summed E-state index contributed by atoms with van der Waals surface area (Å²) in [5.41, 5.74) is 0. The number of carboxylic acid groups (broad SMARTS) is 1. The molecule has 0 atom stereocenters. The molecule has 0 saturated carbocycles. The van der Waals surface area contributed by atoms with Crippen LogP contribution in [0.15, 0.2) is 72.9 Å². The van der Waals surface area contributed by atoms with E-state index in [1.165, 1.54) is 32.1 Å². The molecular weight excluding hydrogens is 296 g/mol. The summed E-state index contributed by atoms with van der Waals surface area (Å²) in [5, 5.41) is 8.48. The third kappa shape index (κ3) is 19.9. The van der Waals surface area contributed by atoms with Gasteiger partial charge >= 0.3 is 5.97 Å². The van der Waals surface area contributed by atoms with Crippen LogP contribution in [0.5, 0.6) is 0 Å². The zero-order valence-electron chi connectivity index (χ0n) is 14.9. The highest BCUT2D eigenvalue weighted by Crippen LogP contribution is 2.06. The molecule has 0 aliphatic carbocycles. The van der Waals surface area contributed by atoms with E-state index < -0.39 is 5.97 Å².